The molecule has 0 spiro atoms. The van der Waals surface area contributed by atoms with Gasteiger partial charge in [0.15, 0.2) is 5.75 Å². The monoisotopic (exact) mass is 548 g/mol. The van der Waals surface area contributed by atoms with Crippen molar-refractivity contribution in [3.8, 4) is 11.5 Å². The summed E-state index contributed by atoms with van der Waals surface area (Å²) in [7, 11) is 4.05. The minimum atomic E-state index is -0.904. The Morgan fingerprint density at radius 1 is 0.949 bits per heavy atom. The van der Waals surface area contributed by atoms with E-state index in [1.54, 1.807) is 12.1 Å². The molecule has 4 aromatic rings. The first-order valence-electron chi connectivity index (χ1n) is 13.7. The van der Waals surface area contributed by atoms with Crippen LogP contribution in [0.3, 0.4) is 0 Å². The van der Waals surface area contributed by atoms with Crippen LogP contribution in [0.1, 0.15) is 16.8 Å². The molecule has 0 aliphatic carbocycles. The summed E-state index contributed by atoms with van der Waals surface area (Å²) in [5.41, 5.74) is 2.50. The maximum Gasteiger partial charge on any atom is 0.254 e. The van der Waals surface area contributed by atoms with Crippen LogP contribution in [-0.2, 0) is 6.54 Å². The van der Waals surface area contributed by atoms with Gasteiger partial charge in [-0.3, -0.25) is 4.79 Å². The zero-order valence-electron chi connectivity index (χ0n) is 22.4. The lowest BCUT2D eigenvalue weighted by molar-refractivity contribution is 0.0664. The van der Waals surface area contributed by atoms with Gasteiger partial charge in [0, 0.05) is 72.1 Å². The number of benzene rings is 3. The Morgan fingerprint density at radius 3 is 2.44 bits per heavy atom. The molecule has 8 heteroatoms. The van der Waals surface area contributed by atoms with Gasteiger partial charge in [-0.1, -0.05) is 29.8 Å². The summed E-state index contributed by atoms with van der Waals surface area (Å²) in [6, 6.07) is 19.2. The predicted octanol–water partition coefficient (Wildman–Crippen LogP) is 5.92. The molecule has 6 rings (SSSR count). The molecule has 3 heterocycles. The standard InChI is InChI=1S/C31H34ClFN4O2/c1-34-13-15-36(16-14-34)31(38)22-17-26-25-5-3-4-6-28(25)37(19-21-11-12-35(2)20-27(21)33)30(26)29(18-22)39-24-9-7-23(32)8-10-24/h3-10,17-18,21,27H,11-16,19-20H2,1-2H3/t21-,27-/m1/s1. The first kappa shape index (κ1) is 26.1. The molecule has 3 aromatic carbocycles. The molecule has 0 unspecified atom stereocenters. The van der Waals surface area contributed by atoms with Crippen molar-refractivity contribution in [2.45, 2.75) is 19.1 Å². The number of ether oxygens (including phenoxy) is 1. The number of hydrogen-bond donors (Lipinski definition) is 0. The molecule has 2 fully saturated rings. The molecule has 6 nitrogen and oxygen atoms in total. The van der Waals surface area contributed by atoms with Crippen molar-refractivity contribution >= 4 is 39.3 Å². The van der Waals surface area contributed by atoms with E-state index in [4.69, 9.17) is 16.3 Å². The molecule has 204 valence electrons. The Balaban J connectivity index is 1.49. The quantitative estimate of drug-likeness (QED) is 0.310. The summed E-state index contributed by atoms with van der Waals surface area (Å²) in [6.07, 6.45) is -0.113. The molecule has 0 radical (unpaired) electrons. The van der Waals surface area contributed by atoms with Crippen molar-refractivity contribution in [2.75, 3.05) is 53.4 Å². The lowest BCUT2D eigenvalue weighted by Gasteiger charge is -2.33. The molecular weight excluding hydrogens is 515 g/mol. The van der Waals surface area contributed by atoms with Crippen molar-refractivity contribution in [1.82, 2.24) is 19.3 Å². The number of carbonyl (C=O) groups excluding carboxylic acids is 1. The third-order valence-electron chi connectivity index (χ3n) is 8.21. The lowest BCUT2D eigenvalue weighted by atomic mass is 9.95. The molecule has 2 saturated heterocycles. The fourth-order valence-corrected chi connectivity index (χ4v) is 6.03. The second kappa shape index (κ2) is 10.8. The predicted molar refractivity (Wildman–Crippen MR) is 155 cm³/mol. The number of likely N-dealkylation sites (tertiary alicyclic amines) is 1. The normalized spacial score (nSPS) is 21.1. The topological polar surface area (TPSA) is 41.0 Å². The van der Waals surface area contributed by atoms with Crippen molar-refractivity contribution < 1.29 is 13.9 Å². The number of aromatic nitrogens is 1. The molecular formula is C31H34ClFN4O2. The van der Waals surface area contributed by atoms with Crippen LogP contribution >= 0.6 is 11.6 Å². The van der Waals surface area contributed by atoms with E-state index in [1.165, 1.54) is 0 Å². The van der Waals surface area contributed by atoms with E-state index in [0.717, 1.165) is 47.9 Å². The number of halogens is 2. The second-order valence-electron chi connectivity index (χ2n) is 11.0. The number of carbonyl (C=O) groups is 1. The number of fused-ring (bicyclic) bond motifs is 3. The highest BCUT2D eigenvalue weighted by atomic mass is 35.5. The highest BCUT2D eigenvalue weighted by Crippen LogP contribution is 2.40. The van der Waals surface area contributed by atoms with Gasteiger partial charge in [0.1, 0.15) is 11.9 Å². The van der Waals surface area contributed by atoms with Crippen molar-refractivity contribution in [2.24, 2.45) is 5.92 Å². The van der Waals surface area contributed by atoms with E-state index < -0.39 is 6.17 Å². The number of hydrogen-bond acceptors (Lipinski definition) is 4. The third-order valence-corrected chi connectivity index (χ3v) is 8.46. The lowest BCUT2D eigenvalue weighted by Crippen LogP contribution is -2.47. The number of nitrogens with zero attached hydrogens (tertiary/aromatic N) is 4. The van der Waals surface area contributed by atoms with Gasteiger partial charge >= 0.3 is 0 Å². The molecule has 0 saturated carbocycles. The molecule has 1 aromatic heterocycles. The van der Waals surface area contributed by atoms with Crippen LogP contribution in [-0.4, -0.2) is 84.7 Å². The van der Waals surface area contributed by atoms with E-state index in [9.17, 15) is 4.79 Å². The van der Waals surface area contributed by atoms with Gasteiger partial charge in [0.2, 0.25) is 0 Å². The van der Waals surface area contributed by atoms with Gasteiger partial charge in [-0.25, -0.2) is 4.39 Å². The van der Waals surface area contributed by atoms with Crippen LogP contribution in [0.5, 0.6) is 11.5 Å². The highest BCUT2D eigenvalue weighted by Gasteiger charge is 2.30. The summed E-state index contributed by atoms with van der Waals surface area (Å²) < 4.78 is 23.9. The molecule has 2 atom stereocenters. The molecule has 0 N–H and O–H groups in total. The second-order valence-corrected chi connectivity index (χ2v) is 11.4. The van der Waals surface area contributed by atoms with Crippen LogP contribution in [0.25, 0.3) is 21.8 Å². The Kier molecular flexibility index (Phi) is 7.23. The van der Waals surface area contributed by atoms with E-state index in [2.05, 4.69) is 33.5 Å². The van der Waals surface area contributed by atoms with Crippen LogP contribution in [0.2, 0.25) is 5.02 Å². The number of alkyl halides is 1. The molecule has 2 aliphatic rings. The number of piperidine rings is 1. The number of rotatable bonds is 5. The molecule has 39 heavy (non-hydrogen) atoms. The number of amides is 1. The minimum Gasteiger partial charge on any atom is -0.455 e. The van der Waals surface area contributed by atoms with Gasteiger partial charge in [0.05, 0.1) is 5.52 Å². The van der Waals surface area contributed by atoms with E-state index in [-0.39, 0.29) is 11.8 Å². The summed E-state index contributed by atoms with van der Waals surface area (Å²) in [4.78, 5) is 19.9. The van der Waals surface area contributed by atoms with E-state index in [1.807, 2.05) is 48.3 Å². The average molecular weight is 549 g/mol. The van der Waals surface area contributed by atoms with Crippen molar-refractivity contribution in [1.29, 1.82) is 0 Å². The van der Waals surface area contributed by atoms with Gasteiger partial charge < -0.3 is 24.0 Å². The molecule has 0 bridgehead atoms. The summed E-state index contributed by atoms with van der Waals surface area (Å²) >= 11 is 6.13. The van der Waals surface area contributed by atoms with Crippen LogP contribution in [0, 0.1) is 5.92 Å². The Morgan fingerprint density at radius 2 is 1.69 bits per heavy atom. The van der Waals surface area contributed by atoms with Gasteiger partial charge in [-0.05, 0) is 69.5 Å². The fraction of sp³-hybridized carbons (Fsp3) is 0.387. The van der Waals surface area contributed by atoms with Crippen LogP contribution < -0.4 is 4.74 Å². The summed E-state index contributed by atoms with van der Waals surface area (Å²) in [5, 5.41) is 2.60. The Hall–Kier alpha value is -3.13. The van der Waals surface area contributed by atoms with Gasteiger partial charge in [-0.15, -0.1) is 0 Å². The number of piperazine rings is 1. The number of para-hydroxylation sites is 1. The van der Waals surface area contributed by atoms with Gasteiger partial charge in [-0.2, -0.15) is 0 Å². The maximum atomic E-state index is 15.2. The number of likely N-dealkylation sites (N-methyl/N-ethyl adjacent to an activating group) is 1. The van der Waals surface area contributed by atoms with E-state index in [0.29, 0.717) is 48.3 Å². The zero-order chi connectivity index (χ0) is 27.1. The molecule has 2 aliphatic heterocycles. The fourth-order valence-electron chi connectivity index (χ4n) is 5.91. The first-order valence-corrected chi connectivity index (χ1v) is 14.0. The summed E-state index contributed by atoms with van der Waals surface area (Å²) in [6.45, 7) is 4.94. The van der Waals surface area contributed by atoms with Crippen molar-refractivity contribution in [3.05, 3.63) is 71.2 Å². The maximum absolute atomic E-state index is 15.2. The van der Waals surface area contributed by atoms with Crippen molar-refractivity contribution in [3.63, 3.8) is 0 Å². The van der Waals surface area contributed by atoms with Gasteiger partial charge in [0.25, 0.3) is 5.91 Å². The van der Waals surface area contributed by atoms with E-state index >= 15 is 4.39 Å². The van der Waals surface area contributed by atoms with Crippen LogP contribution in [0.15, 0.2) is 60.7 Å². The SMILES string of the molecule is CN1CCN(C(=O)c2cc(Oc3ccc(Cl)cc3)c3c(c2)c2ccccc2n3C[C@H]2CCN(C)C[C@H]2F)CC1. The molecule has 1 amide bonds. The largest absolute Gasteiger partial charge is 0.455 e. The Bertz CT molecular complexity index is 1500. The average Bonchev–Trinajstić information content (AvgIpc) is 3.25. The van der Waals surface area contributed by atoms with Crippen LogP contribution in [0.4, 0.5) is 4.39 Å². The third kappa shape index (κ3) is 5.23. The smallest absolute Gasteiger partial charge is 0.254 e. The first-order chi connectivity index (χ1) is 18.9. The summed E-state index contributed by atoms with van der Waals surface area (Å²) in [5.74, 6) is 1.12. The zero-order valence-corrected chi connectivity index (χ0v) is 23.2. The highest BCUT2D eigenvalue weighted by molar-refractivity contribution is 6.30. The minimum absolute atomic E-state index is 0.00178. The Labute approximate surface area is 233 Å².